The van der Waals surface area contributed by atoms with Crippen LogP contribution in [0.4, 0.5) is 21.0 Å². The van der Waals surface area contributed by atoms with Crippen molar-refractivity contribution in [2.75, 3.05) is 25.5 Å². The molecular formula is C36H51N5O9. The first-order valence-corrected chi connectivity index (χ1v) is 16.8. The van der Waals surface area contributed by atoms with E-state index < -0.39 is 28.7 Å². The molecule has 3 N–H and O–H groups in total. The van der Waals surface area contributed by atoms with Crippen molar-refractivity contribution >= 4 is 35.4 Å². The Balaban J connectivity index is 0.00000278. The predicted octanol–water partition coefficient (Wildman–Crippen LogP) is 6.84. The maximum Gasteiger partial charge on any atom is 0.409 e. The minimum absolute atomic E-state index is 0.0481. The Morgan fingerprint density at radius 2 is 1.62 bits per heavy atom. The van der Waals surface area contributed by atoms with E-state index in [0.29, 0.717) is 6.42 Å². The smallest absolute Gasteiger partial charge is 0.409 e. The summed E-state index contributed by atoms with van der Waals surface area (Å²) in [5.41, 5.74) is 2.94. The molecule has 0 bridgehead atoms. The maximum atomic E-state index is 12.5. The third-order valence-electron chi connectivity index (χ3n) is 7.00. The summed E-state index contributed by atoms with van der Waals surface area (Å²) in [4.78, 5) is 60.5. The highest BCUT2D eigenvalue weighted by atomic mass is 16.6. The number of amides is 3. The number of nitrogens with zero attached hydrogens (tertiary/aromatic N) is 2. The van der Waals surface area contributed by atoms with Crippen LogP contribution in [-0.4, -0.2) is 65.7 Å². The Kier molecular flexibility index (Phi) is 16.7. The highest BCUT2D eigenvalue weighted by molar-refractivity contribution is 5.82. The van der Waals surface area contributed by atoms with Gasteiger partial charge >= 0.3 is 18.2 Å². The quantitative estimate of drug-likeness (QED) is 0.0819. The maximum absolute atomic E-state index is 12.5. The van der Waals surface area contributed by atoms with Crippen LogP contribution in [0.3, 0.4) is 0 Å². The van der Waals surface area contributed by atoms with Crippen LogP contribution in [0.25, 0.3) is 0 Å². The van der Waals surface area contributed by atoms with E-state index in [9.17, 15) is 29.3 Å². The van der Waals surface area contributed by atoms with E-state index in [4.69, 9.17) is 14.2 Å². The second-order valence-electron chi connectivity index (χ2n) is 12.8. The topological polar surface area (TPSA) is 178 Å². The summed E-state index contributed by atoms with van der Waals surface area (Å²) in [5.74, 6) is -0.652. The lowest BCUT2D eigenvalue weighted by atomic mass is 9.88. The fourth-order valence-corrected chi connectivity index (χ4v) is 4.42. The molecule has 0 aliphatic heterocycles. The van der Waals surface area contributed by atoms with E-state index in [1.54, 1.807) is 27.8 Å². The van der Waals surface area contributed by atoms with Crippen LogP contribution in [0.5, 0.6) is 5.75 Å². The lowest BCUT2D eigenvalue weighted by Gasteiger charge is -2.28. The van der Waals surface area contributed by atoms with Crippen molar-refractivity contribution in [2.45, 2.75) is 98.3 Å². The molecule has 0 radical (unpaired) electrons. The van der Waals surface area contributed by atoms with Gasteiger partial charge in [-0.15, -0.1) is 0 Å². The zero-order valence-electron chi connectivity index (χ0n) is 30.1. The van der Waals surface area contributed by atoms with E-state index in [1.165, 1.54) is 41.2 Å². The molecule has 2 aromatic rings. The largest absolute Gasteiger partial charge is 0.445 e. The monoisotopic (exact) mass is 697 g/mol. The number of ether oxygens (including phenoxy) is 3. The Morgan fingerprint density at radius 1 is 1.00 bits per heavy atom. The molecule has 1 atom stereocenters. The summed E-state index contributed by atoms with van der Waals surface area (Å²) in [5, 5.41) is 19.5. The summed E-state index contributed by atoms with van der Waals surface area (Å²) in [6.45, 7) is 11.5. The molecule has 0 heterocycles. The molecular weight excluding hydrogens is 646 g/mol. The molecule has 274 valence electrons. The number of benzene rings is 2. The first kappa shape index (κ1) is 41.0. The number of allylic oxidation sites excluding steroid dienone is 1. The standard InChI is InChI=1S/C33H43N5O9.C3H8/c1-22(35-28(39)20-34-31(41)47-33(2,3)4)30(24-8-6-9-24)36-25-13-11-23(12-14-25)21-45-32(42)37(5)19-7-10-29(40)46-27-17-15-26(16-18-27)38(43)44;1-3-2/h11-18,22,36H,6-10,19-21H2,1-5H3,(H,34,41)(H,35,39);3H2,1-2H3. The molecule has 1 aliphatic rings. The fourth-order valence-electron chi connectivity index (χ4n) is 4.42. The number of carbonyl (C=O) groups excluding carboxylic acids is 4. The van der Waals surface area contributed by atoms with Gasteiger partial charge in [-0.2, -0.15) is 0 Å². The van der Waals surface area contributed by atoms with Gasteiger partial charge in [-0.3, -0.25) is 19.7 Å². The van der Waals surface area contributed by atoms with Crippen molar-refractivity contribution in [2.24, 2.45) is 0 Å². The third kappa shape index (κ3) is 15.4. The molecule has 2 aromatic carbocycles. The van der Waals surface area contributed by atoms with Crippen LogP contribution in [0.1, 0.15) is 85.6 Å². The van der Waals surface area contributed by atoms with Crippen LogP contribution in [0, 0.1) is 10.1 Å². The summed E-state index contributed by atoms with van der Waals surface area (Å²) >= 11 is 0. The minimum atomic E-state index is -0.659. The minimum Gasteiger partial charge on any atom is -0.445 e. The van der Waals surface area contributed by atoms with Gasteiger partial charge < -0.3 is 35.1 Å². The molecule has 14 heteroatoms. The number of esters is 1. The van der Waals surface area contributed by atoms with Crippen LogP contribution in [0.15, 0.2) is 59.8 Å². The van der Waals surface area contributed by atoms with Crippen molar-refractivity contribution in [3.05, 3.63) is 75.5 Å². The third-order valence-corrected chi connectivity index (χ3v) is 7.00. The van der Waals surface area contributed by atoms with E-state index in [1.807, 2.05) is 31.2 Å². The average molecular weight is 698 g/mol. The molecule has 1 unspecified atom stereocenters. The van der Waals surface area contributed by atoms with Crippen LogP contribution in [0.2, 0.25) is 0 Å². The predicted molar refractivity (Wildman–Crippen MR) is 190 cm³/mol. The first-order chi connectivity index (χ1) is 23.6. The Labute approximate surface area is 294 Å². The molecule has 14 nitrogen and oxygen atoms in total. The van der Waals surface area contributed by atoms with Gasteiger partial charge in [0, 0.05) is 43.5 Å². The molecule has 1 saturated carbocycles. The molecule has 0 spiro atoms. The van der Waals surface area contributed by atoms with E-state index in [0.717, 1.165) is 36.2 Å². The van der Waals surface area contributed by atoms with Gasteiger partial charge in [0.15, 0.2) is 0 Å². The van der Waals surface area contributed by atoms with Gasteiger partial charge in [0.1, 0.15) is 24.5 Å². The Hall–Kier alpha value is -5.14. The molecule has 3 rings (SSSR count). The van der Waals surface area contributed by atoms with Crippen molar-refractivity contribution < 1.29 is 38.3 Å². The second-order valence-corrected chi connectivity index (χ2v) is 12.8. The number of nitro groups is 1. The molecule has 0 saturated heterocycles. The van der Waals surface area contributed by atoms with Gasteiger partial charge in [0.2, 0.25) is 5.91 Å². The zero-order chi connectivity index (χ0) is 37.3. The summed E-state index contributed by atoms with van der Waals surface area (Å²) in [6, 6.07) is 12.3. The highest BCUT2D eigenvalue weighted by Gasteiger charge is 2.22. The van der Waals surface area contributed by atoms with Crippen molar-refractivity contribution in [3.8, 4) is 5.75 Å². The number of hydrogen-bond acceptors (Lipinski definition) is 10. The number of nitro benzene ring substituents is 1. The van der Waals surface area contributed by atoms with E-state index in [2.05, 4.69) is 29.8 Å². The number of rotatable bonds is 14. The van der Waals surface area contributed by atoms with Crippen molar-refractivity contribution in [3.63, 3.8) is 0 Å². The molecule has 0 aromatic heterocycles. The molecule has 3 amide bonds. The summed E-state index contributed by atoms with van der Waals surface area (Å²) < 4.78 is 15.8. The number of nitrogens with one attached hydrogen (secondary N) is 3. The van der Waals surface area contributed by atoms with Crippen LogP contribution in [-0.2, 0) is 25.7 Å². The lowest BCUT2D eigenvalue weighted by Crippen LogP contribution is -2.44. The van der Waals surface area contributed by atoms with Gasteiger partial charge in [-0.1, -0.05) is 32.4 Å². The average Bonchev–Trinajstić information content (AvgIpc) is 3.02. The molecule has 50 heavy (non-hydrogen) atoms. The Bertz CT molecular complexity index is 1460. The summed E-state index contributed by atoms with van der Waals surface area (Å²) in [7, 11) is 1.57. The van der Waals surface area contributed by atoms with E-state index >= 15 is 0 Å². The number of anilines is 1. The van der Waals surface area contributed by atoms with Gasteiger partial charge in [0.05, 0.1) is 11.0 Å². The zero-order valence-corrected chi connectivity index (χ0v) is 30.1. The van der Waals surface area contributed by atoms with Crippen molar-refractivity contribution in [1.82, 2.24) is 15.5 Å². The highest BCUT2D eigenvalue weighted by Crippen LogP contribution is 2.31. The van der Waals surface area contributed by atoms with E-state index in [-0.39, 0.29) is 49.5 Å². The number of alkyl carbamates (subject to hydrolysis) is 1. The number of carbonyl (C=O) groups is 4. The van der Waals surface area contributed by atoms with Crippen LogP contribution >= 0.6 is 0 Å². The molecule has 1 fully saturated rings. The second kappa shape index (κ2) is 20.4. The number of non-ortho nitro benzene ring substituents is 1. The van der Waals surface area contributed by atoms with Crippen molar-refractivity contribution in [1.29, 1.82) is 0 Å². The lowest BCUT2D eigenvalue weighted by molar-refractivity contribution is -0.384. The Morgan fingerprint density at radius 3 is 2.16 bits per heavy atom. The summed E-state index contributed by atoms with van der Waals surface area (Å²) in [6.07, 6.45) is 3.38. The van der Waals surface area contributed by atoms with Gasteiger partial charge in [-0.25, -0.2) is 9.59 Å². The SMILES string of the molecule is CC(NC(=O)CNC(=O)OC(C)(C)C)C(Nc1ccc(COC(=O)N(C)CCCC(=O)Oc2ccc([N+](=O)[O-])cc2)cc1)=C1CCC1.CCC. The first-order valence-electron chi connectivity index (χ1n) is 16.8. The fraction of sp³-hybridized carbons (Fsp3) is 0.500. The normalized spacial score (nSPS) is 12.5. The van der Waals surface area contributed by atoms with Gasteiger partial charge in [0.25, 0.3) is 5.69 Å². The van der Waals surface area contributed by atoms with Crippen LogP contribution < -0.4 is 20.7 Å². The number of hydrogen-bond donors (Lipinski definition) is 3. The molecule has 1 aliphatic carbocycles. The van der Waals surface area contributed by atoms with Gasteiger partial charge in [-0.05, 0) is 88.8 Å².